The van der Waals surface area contributed by atoms with Gasteiger partial charge < -0.3 is 10.3 Å². The van der Waals surface area contributed by atoms with Gasteiger partial charge in [-0.05, 0) is 37.6 Å². The van der Waals surface area contributed by atoms with Crippen LogP contribution in [0, 0.1) is 5.92 Å². The van der Waals surface area contributed by atoms with Gasteiger partial charge in [0.15, 0.2) is 0 Å². The van der Waals surface area contributed by atoms with E-state index in [0.29, 0.717) is 5.92 Å². The van der Waals surface area contributed by atoms with Crippen molar-refractivity contribution in [2.45, 2.75) is 13.3 Å². The van der Waals surface area contributed by atoms with E-state index in [1.165, 1.54) is 16.5 Å². The SMILES string of the molecule is CNC[C@@H](C)Cc1c[nH]c2ccccc12. The predicted molar refractivity (Wildman–Crippen MR) is 65.1 cm³/mol. The van der Waals surface area contributed by atoms with Crippen molar-refractivity contribution >= 4 is 10.9 Å². The fraction of sp³-hybridized carbons (Fsp3) is 0.385. The summed E-state index contributed by atoms with van der Waals surface area (Å²) in [5.74, 6) is 0.675. The highest BCUT2D eigenvalue weighted by Crippen LogP contribution is 2.20. The van der Waals surface area contributed by atoms with E-state index in [1.807, 2.05) is 7.05 Å². The van der Waals surface area contributed by atoms with Crippen molar-refractivity contribution in [3.05, 3.63) is 36.0 Å². The first-order valence-electron chi connectivity index (χ1n) is 5.51. The molecule has 0 radical (unpaired) electrons. The molecule has 0 amide bonds. The van der Waals surface area contributed by atoms with Gasteiger partial charge in [-0.15, -0.1) is 0 Å². The van der Waals surface area contributed by atoms with Crippen LogP contribution in [0.15, 0.2) is 30.5 Å². The van der Waals surface area contributed by atoms with Gasteiger partial charge in [0, 0.05) is 17.1 Å². The highest BCUT2D eigenvalue weighted by atomic mass is 14.8. The maximum atomic E-state index is 3.32. The molecule has 2 heteroatoms. The first-order chi connectivity index (χ1) is 7.31. The van der Waals surface area contributed by atoms with E-state index in [0.717, 1.165) is 13.0 Å². The quantitative estimate of drug-likeness (QED) is 0.783. The number of hydrogen-bond donors (Lipinski definition) is 2. The second-order valence-corrected chi connectivity index (χ2v) is 4.23. The Kier molecular flexibility index (Phi) is 3.07. The summed E-state index contributed by atoms with van der Waals surface area (Å²) in [7, 11) is 2.01. The fourth-order valence-electron chi connectivity index (χ4n) is 2.10. The Bertz CT molecular complexity index is 431. The van der Waals surface area contributed by atoms with Crippen LogP contribution in [0.1, 0.15) is 12.5 Å². The summed E-state index contributed by atoms with van der Waals surface area (Å²) >= 11 is 0. The molecule has 1 heterocycles. The van der Waals surface area contributed by atoms with Crippen LogP contribution in [-0.2, 0) is 6.42 Å². The fourth-order valence-corrected chi connectivity index (χ4v) is 2.10. The molecule has 0 bridgehead atoms. The lowest BCUT2D eigenvalue weighted by atomic mass is 10.0. The molecule has 80 valence electrons. The van der Waals surface area contributed by atoms with Gasteiger partial charge in [-0.2, -0.15) is 0 Å². The van der Waals surface area contributed by atoms with Gasteiger partial charge in [0.05, 0.1) is 0 Å². The topological polar surface area (TPSA) is 27.8 Å². The lowest BCUT2D eigenvalue weighted by molar-refractivity contribution is 0.543. The van der Waals surface area contributed by atoms with Crippen LogP contribution in [0.3, 0.4) is 0 Å². The number of aromatic amines is 1. The van der Waals surface area contributed by atoms with E-state index >= 15 is 0 Å². The molecule has 0 saturated heterocycles. The van der Waals surface area contributed by atoms with Crippen molar-refractivity contribution in [1.82, 2.24) is 10.3 Å². The zero-order valence-electron chi connectivity index (χ0n) is 9.38. The van der Waals surface area contributed by atoms with E-state index in [2.05, 4.69) is 47.7 Å². The van der Waals surface area contributed by atoms with Crippen LogP contribution < -0.4 is 5.32 Å². The van der Waals surface area contributed by atoms with Crippen molar-refractivity contribution < 1.29 is 0 Å². The molecule has 0 aliphatic rings. The molecular weight excluding hydrogens is 184 g/mol. The van der Waals surface area contributed by atoms with Crippen molar-refractivity contribution in [1.29, 1.82) is 0 Å². The van der Waals surface area contributed by atoms with Gasteiger partial charge in [-0.3, -0.25) is 0 Å². The minimum atomic E-state index is 0.675. The Morgan fingerprint density at radius 3 is 2.93 bits per heavy atom. The maximum absolute atomic E-state index is 3.32. The molecule has 15 heavy (non-hydrogen) atoms. The summed E-state index contributed by atoms with van der Waals surface area (Å²) in [4.78, 5) is 3.32. The highest BCUT2D eigenvalue weighted by molar-refractivity contribution is 5.83. The van der Waals surface area contributed by atoms with E-state index in [-0.39, 0.29) is 0 Å². The minimum absolute atomic E-state index is 0.675. The smallest absolute Gasteiger partial charge is 0.0456 e. The molecule has 1 atom stereocenters. The molecular formula is C13H18N2. The van der Waals surface area contributed by atoms with E-state index in [1.54, 1.807) is 0 Å². The predicted octanol–water partition coefficient (Wildman–Crippen LogP) is 2.57. The number of para-hydroxylation sites is 1. The van der Waals surface area contributed by atoms with Crippen LogP contribution >= 0.6 is 0 Å². The molecule has 2 nitrogen and oxygen atoms in total. The first kappa shape index (κ1) is 10.2. The third-order valence-electron chi connectivity index (χ3n) is 2.80. The third-order valence-corrected chi connectivity index (χ3v) is 2.80. The van der Waals surface area contributed by atoms with E-state index in [4.69, 9.17) is 0 Å². The molecule has 0 aliphatic carbocycles. The number of H-pyrrole nitrogens is 1. The second kappa shape index (κ2) is 4.49. The summed E-state index contributed by atoms with van der Waals surface area (Å²) in [6, 6.07) is 8.48. The van der Waals surface area contributed by atoms with Crippen molar-refractivity contribution in [2.24, 2.45) is 5.92 Å². The van der Waals surface area contributed by atoms with Crippen molar-refractivity contribution in [3.63, 3.8) is 0 Å². The van der Waals surface area contributed by atoms with Gasteiger partial charge in [0.25, 0.3) is 0 Å². The van der Waals surface area contributed by atoms with Crippen LogP contribution in [0.2, 0.25) is 0 Å². The summed E-state index contributed by atoms with van der Waals surface area (Å²) in [6.07, 6.45) is 3.27. The number of fused-ring (bicyclic) bond motifs is 1. The standard InChI is InChI=1S/C13H18N2/c1-10(8-14-2)7-11-9-15-13-6-4-3-5-12(11)13/h3-6,9-10,14-15H,7-8H2,1-2H3/t10-/m0/s1. The molecule has 0 unspecified atom stereocenters. The van der Waals surface area contributed by atoms with E-state index < -0.39 is 0 Å². The summed E-state index contributed by atoms with van der Waals surface area (Å²) in [6.45, 7) is 3.35. The number of benzene rings is 1. The monoisotopic (exact) mass is 202 g/mol. The van der Waals surface area contributed by atoms with Gasteiger partial charge in [-0.1, -0.05) is 25.1 Å². The lowest BCUT2D eigenvalue weighted by Crippen LogP contribution is -2.17. The highest BCUT2D eigenvalue weighted by Gasteiger charge is 2.07. The second-order valence-electron chi connectivity index (χ2n) is 4.23. The zero-order valence-corrected chi connectivity index (χ0v) is 9.38. The van der Waals surface area contributed by atoms with Crippen molar-refractivity contribution in [2.75, 3.05) is 13.6 Å². The average Bonchev–Trinajstić information content (AvgIpc) is 2.62. The minimum Gasteiger partial charge on any atom is -0.361 e. The summed E-state index contributed by atoms with van der Waals surface area (Å²) < 4.78 is 0. The van der Waals surface area contributed by atoms with Crippen LogP contribution in [0.5, 0.6) is 0 Å². The van der Waals surface area contributed by atoms with Crippen molar-refractivity contribution in [3.8, 4) is 0 Å². The van der Waals surface area contributed by atoms with E-state index in [9.17, 15) is 0 Å². The molecule has 1 aromatic carbocycles. The molecule has 2 aromatic rings. The molecule has 0 fully saturated rings. The van der Waals surface area contributed by atoms with Gasteiger partial charge in [0.2, 0.25) is 0 Å². The molecule has 2 rings (SSSR count). The van der Waals surface area contributed by atoms with Gasteiger partial charge in [-0.25, -0.2) is 0 Å². The van der Waals surface area contributed by atoms with Gasteiger partial charge in [0.1, 0.15) is 0 Å². The van der Waals surface area contributed by atoms with Gasteiger partial charge >= 0.3 is 0 Å². The number of rotatable bonds is 4. The number of hydrogen-bond acceptors (Lipinski definition) is 1. The molecule has 1 aromatic heterocycles. The normalized spacial score (nSPS) is 13.2. The largest absolute Gasteiger partial charge is 0.361 e. The first-order valence-corrected chi connectivity index (χ1v) is 5.51. The van der Waals surface area contributed by atoms with Crippen LogP contribution in [0.4, 0.5) is 0 Å². The summed E-state index contributed by atoms with van der Waals surface area (Å²) in [5.41, 5.74) is 2.66. The van der Waals surface area contributed by atoms with Crippen LogP contribution in [-0.4, -0.2) is 18.6 Å². The molecule has 0 spiro atoms. The Morgan fingerprint density at radius 2 is 2.13 bits per heavy atom. The third kappa shape index (κ3) is 2.21. The number of aromatic nitrogens is 1. The summed E-state index contributed by atoms with van der Waals surface area (Å²) in [5, 5.41) is 4.58. The zero-order chi connectivity index (χ0) is 10.7. The Morgan fingerprint density at radius 1 is 1.33 bits per heavy atom. The maximum Gasteiger partial charge on any atom is 0.0456 e. The Hall–Kier alpha value is -1.28. The molecule has 0 saturated carbocycles. The van der Waals surface area contributed by atoms with Crippen LogP contribution in [0.25, 0.3) is 10.9 Å². The average molecular weight is 202 g/mol. The molecule has 0 aliphatic heterocycles. The lowest BCUT2D eigenvalue weighted by Gasteiger charge is -2.09. The Balaban J connectivity index is 2.21. The number of nitrogens with one attached hydrogen (secondary N) is 2. The molecule has 2 N–H and O–H groups in total. The Labute approximate surface area is 90.7 Å².